The first-order chi connectivity index (χ1) is 13.5. The predicted octanol–water partition coefficient (Wildman–Crippen LogP) is 3.84. The molecule has 6 heteroatoms. The molecule has 1 unspecified atom stereocenters. The molecule has 2 aromatic rings. The Kier molecular flexibility index (Phi) is 10.7. The van der Waals surface area contributed by atoms with Gasteiger partial charge in [-0.1, -0.05) is 65.9 Å². The first-order valence-corrected chi connectivity index (χ1v) is 11.8. The fraction of sp³-hybridized carbons (Fsp3) is 0.409. The maximum atomic E-state index is 10.7. The van der Waals surface area contributed by atoms with Gasteiger partial charge in [-0.3, -0.25) is 4.79 Å². The molecule has 0 amide bonds. The Hall–Kier alpha value is -1.26. The van der Waals surface area contributed by atoms with E-state index in [1.165, 1.54) is 11.1 Å². The number of carbonyl (C=O) groups is 1. The smallest absolute Gasteiger partial charge is 0.303 e. The summed E-state index contributed by atoms with van der Waals surface area (Å²) in [6, 6.07) is 16.1. The average Bonchev–Trinajstić information content (AvgIpc) is 2.68. The molecule has 2 aromatic carbocycles. The van der Waals surface area contributed by atoms with Crippen molar-refractivity contribution >= 4 is 56.1 Å². The normalized spacial score (nSPS) is 12.0. The molecule has 0 fully saturated rings. The maximum absolute atomic E-state index is 10.7. The number of carboxylic acid groups (broad SMARTS) is 1. The third-order valence-electron chi connectivity index (χ3n) is 4.46. The summed E-state index contributed by atoms with van der Waals surface area (Å²) in [5.74, 6) is 2.36. The van der Waals surface area contributed by atoms with Crippen molar-refractivity contribution in [3.63, 3.8) is 0 Å². The minimum atomic E-state index is -0.704. The molecule has 0 aliphatic rings. The van der Waals surface area contributed by atoms with Crippen LogP contribution in [0.4, 0.5) is 0 Å². The molecule has 0 saturated carbocycles. The summed E-state index contributed by atoms with van der Waals surface area (Å²) in [4.78, 5) is 10.7. The van der Waals surface area contributed by atoms with Crippen LogP contribution in [0.25, 0.3) is 0 Å². The Morgan fingerprint density at radius 2 is 1.43 bits per heavy atom. The first kappa shape index (κ1) is 23.0. The Morgan fingerprint density at radius 1 is 0.857 bits per heavy atom. The van der Waals surface area contributed by atoms with Crippen molar-refractivity contribution in [2.24, 2.45) is 0 Å². The molecule has 2 rings (SSSR count). The highest BCUT2D eigenvalue weighted by atomic mass is 32.2. The monoisotopic (exact) mass is 408 g/mol. The van der Waals surface area contributed by atoms with Crippen LogP contribution < -0.4 is 10.9 Å². The van der Waals surface area contributed by atoms with E-state index < -0.39 is 5.97 Å². The summed E-state index contributed by atoms with van der Waals surface area (Å²) in [5.41, 5.74) is 4.17. The van der Waals surface area contributed by atoms with Gasteiger partial charge >= 0.3 is 5.97 Å². The number of aliphatic carboxylic acids is 1. The summed E-state index contributed by atoms with van der Waals surface area (Å²) >= 11 is 3.91. The van der Waals surface area contributed by atoms with Crippen LogP contribution in [-0.4, -0.2) is 37.8 Å². The lowest BCUT2D eigenvalue weighted by atomic mass is 9.96. The topological polar surface area (TPSA) is 37.3 Å². The first-order valence-electron chi connectivity index (χ1n) is 9.63. The second kappa shape index (κ2) is 13.1. The number of unbranched alkanes of at least 4 members (excludes halogenated alkanes) is 1. The van der Waals surface area contributed by atoms with E-state index in [0.29, 0.717) is 5.25 Å². The van der Waals surface area contributed by atoms with Crippen LogP contribution in [0.15, 0.2) is 48.5 Å². The molecule has 4 radical (unpaired) electrons. The molecule has 0 aromatic heterocycles. The van der Waals surface area contributed by atoms with Gasteiger partial charge in [0.25, 0.3) is 0 Å². The molecule has 2 nitrogen and oxygen atoms in total. The summed E-state index contributed by atoms with van der Waals surface area (Å²) in [6.45, 7) is 0. The molecular weight excluding hydrogens is 382 g/mol. The molecule has 28 heavy (non-hydrogen) atoms. The van der Waals surface area contributed by atoms with Crippen LogP contribution in [0.2, 0.25) is 0 Å². The Labute approximate surface area is 180 Å². The largest absolute Gasteiger partial charge is 0.481 e. The molecule has 0 saturated heterocycles. The lowest BCUT2D eigenvalue weighted by molar-refractivity contribution is -0.137. The van der Waals surface area contributed by atoms with Gasteiger partial charge in [0.2, 0.25) is 0 Å². The van der Waals surface area contributed by atoms with Crippen LogP contribution in [0, 0.1) is 0 Å². The molecule has 0 spiro atoms. The van der Waals surface area contributed by atoms with Crippen molar-refractivity contribution in [3.05, 3.63) is 59.7 Å². The van der Waals surface area contributed by atoms with Crippen LogP contribution in [0.5, 0.6) is 0 Å². The lowest BCUT2D eigenvalue weighted by Crippen LogP contribution is -2.07. The van der Waals surface area contributed by atoms with E-state index in [2.05, 4.69) is 24.3 Å². The molecule has 0 heterocycles. The quantitative estimate of drug-likeness (QED) is 0.404. The van der Waals surface area contributed by atoms with Gasteiger partial charge < -0.3 is 5.11 Å². The van der Waals surface area contributed by atoms with E-state index in [0.717, 1.165) is 53.9 Å². The Balaban J connectivity index is 1.75. The molecule has 144 valence electrons. The van der Waals surface area contributed by atoms with Gasteiger partial charge in [0, 0.05) is 23.2 Å². The summed E-state index contributed by atoms with van der Waals surface area (Å²) in [5, 5.41) is 9.37. The molecule has 0 bridgehead atoms. The van der Waals surface area contributed by atoms with Gasteiger partial charge in [-0.05, 0) is 36.1 Å². The van der Waals surface area contributed by atoms with E-state index >= 15 is 0 Å². The number of benzene rings is 2. The van der Waals surface area contributed by atoms with Gasteiger partial charge in [-0.15, -0.1) is 0 Å². The SMILES string of the molecule is [B]c1ccc(CSCCC(CCCCC(=O)O)SCc2ccc([B])cc2)cc1. The minimum Gasteiger partial charge on any atom is -0.481 e. The highest BCUT2D eigenvalue weighted by molar-refractivity contribution is 7.99. The van der Waals surface area contributed by atoms with Gasteiger partial charge in [-0.25, -0.2) is 0 Å². The minimum absolute atomic E-state index is 0.265. The van der Waals surface area contributed by atoms with Crippen LogP contribution >= 0.6 is 23.5 Å². The van der Waals surface area contributed by atoms with Crippen LogP contribution in [0.1, 0.15) is 43.2 Å². The maximum Gasteiger partial charge on any atom is 0.303 e. The van der Waals surface area contributed by atoms with E-state index in [4.69, 9.17) is 20.8 Å². The third-order valence-corrected chi connectivity index (χ3v) is 6.97. The standard InChI is InChI=1S/C22H26B2O2S2/c23-19-9-5-17(6-10-19)15-27-14-13-21(3-1-2-4-22(25)26)28-16-18-7-11-20(24)12-8-18/h5-12,21H,1-4,13-16H2,(H,25,26). The van der Waals surface area contributed by atoms with E-state index in [1.54, 1.807) is 0 Å². The number of carboxylic acids is 1. The van der Waals surface area contributed by atoms with Gasteiger partial charge in [0.15, 0.2) is 0 Å². The van der Waals surface area contributed by atoms with Crippen molar-refractivity contribution in [3.8, 4) is 0 Å². The van der Waals surface area contributed by atoms with Crippen LogP contribution in [-0.2, 0) is 16.3 Å². The molecule has 1 N–H and O–H groups in total. The Morgan fingerprint density at radius 3 is 2.00 bits per heavy atom. The number of rotatable bonds is 13. The fourth-order valence-electron chi connectivity index (χ4n) is 2.81. The summed E-state index contributed by atoms with van der Waals surface area (Å²) in [6.07, 6.45) is 4.18. The van der Waals surface area contributed by atoms with Gasteiger partial charge in [-0.2, -0.15) is 23.5 Å². The second-order valence-electron chi connectivity index (χ2n) is 6.90. The zero-order chi connectivity index (χ0) is 20.2. The number of hydrogen-bond acceptors (Lipinski definition) is 3. The van der Waals surface area contributed by atoms with E-state index in [-0.39, 0.29) is 6.42 Å². The van der Waals surface area contributed by atoms with Crippen molar-refractivity contribution in [2.75, 3.05) is 5.75 Å². The van der Waals surface area contributed by atoms with Crippen molar-refractivity contribution in [1.82, 2.24) is 0 Å². The van der Waals surface area contributed by atoms with Gasteiger partial charge in [0.1, 0.15) is 15.7 Å². The fourth-order valence-corrected chi connectivity index (χ4v) is 5.22. The highest BCUT2D eigenvalue weighted by Crippen LogP contribution is 2.27. The Bertz CT molecular complexity index is 705. The van der Waals surface area contributed by atoms with Gasteiger partial charge in [0.05, 0.1) is 0 Å². The molecule has 1 atom stereocenters. The third kappa shape index (κ3) is 9.79. The zero-order valence-corrected chi connectivity index (χ0v) is 17.8. The highest BCUT2D eigenvalue weighted by Gasteiger charge is 2.11. The average molecular weight is 408 g/mol. The van der Waals surface area contributed by atoms with Crippen molar-refractivity contribution < 1.29 is 9.90 Å². The van der Waals surface area contributed by atoms with E-state index in [9.17, 15) is 4.79 Å². The molecule has 0 aliphatic heterocycles. The molecule has 0 aliphatic carbocycles. The predicted molar refractivity (Wildman–Crippen MR) is 126 cm³/mol. The number of hydrogen-bond donors (Lipinski definition) is 1. The molecular formula is C22H26B2O2S2. The second-order valence-corrected chi connectivity index (χ2v) is 9.29. The van der Waals surface area contributed by atoms with Crippen molar-refractivity contribution in [2.45, 2.75) is 48.9 Å². The number of thioether (sulfide) groups is 2. The lowest BCUT2D eigenvalue weighted by Gasteiger charge is -2.17. The summed E-state index contributed by atoms with van der Waals surface area (Å²) < 4.78 is 0. The zero-order valence-electron chi connectivity index (χ0n) is 16.2. The van der Waals surface area contributed by atoms with Crippen molar-refractivity contribution in [1.29, 1.82) is 0 Å². The van der Waals surface area contributed by atoms with Crippen LogP contribution in [0.3, 0.4) is 0 Å². The van der Waals surface area contributed by atoms with E-state index in [1.807, 2.05) is 47.8 Å². The summed E-state index contributed by atoms with van der Waals surface area (Å²) in [7, 11) is 11.5.